The molecule has 0 radical (unpaired) electrons. The second-order valence-electron chi connectivity index (χ2n) is 5.41. The third-order valence-corrected chi connectivity index (χ3v) is 5.55. The molecular formula is C19H13Cl2NOS2. The van der Waals surface area contributed by atoms with Gasteiger partial charge in [-0.1, -0.05) is 83.6 Å². The third kappa shape index (κ3) is 4.15. The largest absolute Gasteiger partial charge is 0.270 e. The minimum absolute atomic E-state index is 0.158. The minimum atomic E-state index is -0.158. The number of hydrogen-bond donors (Lipinski definition) is 0. The number of allylic oxidation sites excluding steroid dienone is 2. The average Bonchev–Trinajstić information content (AvgIpc) is 2.85. The number of carbonyl (C=O) groups is 1. The predicted octanol–water partition coefficient (Wildman–Crippen LogP) is 6.35. The lowest BCUT2D eigenvalue weighted by atomic mass is 10.1. The van der Waals surface area contributed by atoms with E-state index in [1.165, 1.54) is 16.7 Å². The lowest BCUT2D eigenvalue weighted by Crippen LogP contribution is -2.27. The molecule has 1 aliphatic rings. The van der Waals surface area contributed by atoms with Gasteiger partial charge in [0, 0.05) is 0 Å². The van der Waals surface area contributed by atoms with E-state index in [0.717, 1.165) is 11.1 Å². The van der Waals surface area contributed by atoms with E-state index < -0.39 is 0 Å². The van der Waals surface area contributed by atoms with Crippen LogP contribution < -0.4 is 4.90 Å². The number of amides is 1. The van der Waals surface area contributed by atoms with Gasteiger partial charge in [-0.3, -0.25) is 9.69 Å². The molecule has 25 heavy (non-hydrogen) atoms. The summed E-state index contributed by atoms with van der Waals surface area (Å²) >= 11 is 18.6. The first-order valence-corrected chi connectivity index (χ1v) is 9.40. The van der Waals surface area contributed by atoms with Crippen molar-refractivity contribution >= 4 is 69.2 Å². The first-order chi connectivity index (χ1) is 12.0. The molecule has 0 aromatic heterocycles. The summed E-state index contributed by atoms with van der Waals surface area (Å²) in [5, 5.41) is 0.824. The lowest BCUT2D eigenvalue weighted by molar-refractivity contribution is -0.113. The van der Waals surface area contributed by atoms with Gasteiger partial charge in [-0.15, -0.1) is 0 Å². The second kappa shape index (κ2) is 7.75. The molecule has 0 spiro atoms. The molecule has 2 aromatic carbocycles. The van der Waals surface area contributed by atoms with Crippen molar-refractivity contribution < 1.29 is 4.79 Å². The van der Waals surface area contributed by atoms with Crippen molar-refractivity contribution in [3.8, 4) is 0 Å². The monoisotopic (exact) mass is 405 g/mol. The Hall–Kier alpha value is -1.59. The van der Waals surface area contributed by atoms with E-state index in [1.807, 2.05) is 49.4 Å². The molecular weight excluding hydrogens is 393 g/mol. The second-order valence-corrected chi connectivity index (χ2v) is 7.90. The van der Waals surface area contributed by atoms with E-state index in [-0.39, 0.29) is 5.91 Å². The number of hydrogen-bond acceptors (Lipinski definition) is 3. The number of thioether (sulfide) groups is 1. The number of halogens is 2. The van der Waals surface area contributed by atoms with E-state index in [0.29, 0.717) is 25.0 Å². The number of benzene rings is 2. The van der Waals surface area contributed by atoms with Crippen LogP contribution in [0.2, 0.25) is 10.0 Å². The summed E-state index contributed by atoms with van der Waals surface area (Å²) in [7, 11) is 0. The van der Waals surface area contributed by atoms with Gasteiger partial charge in [0.25, 0.3) is 5.91 Å². The Balaban J connectivity index is 1.88. The van der Waals surface area contributed by atoms with E-state index in [1.54, 1.807) is 18.2 Å². The highest BCUT2D eigenvalue weighted by molar-refractivity contribution is 8.27. The standard InChI is InChI=1S/C19H13Cl2NOS2/c1-12(9-13-5-3-2-4-6-13)10-17-18(23)22(19(24)25-17)14-7-8-15(20)16(21)11-14/h2-11H,1H3/b12-9+,17-10-. The Morgan fingerprint density at radius 1 is 1.12 bits per heavy atom. The number of carbonyl (C=O) groups excluding carboxylic acids is 1. The first kappa shape index (κ1) is 18.2. The van der Waals surface area contributed by atoms with Gasteiger partial charge in [-0.2, -0.15) is 0 Å². The van der Waals surface area contributed by atoms with Crippen LogP contribution in [0.25, 0.3) is 6.08 Å². The summed E-state index contributed by atoms with van der Waals surface area (Å²) in [4.78, 5) is 14.8. The van der Waals surface area contributed by atoms with Crippen LogP contribution in [0.3, 0.4) is 0 Å². The van der Waals surface area contributed by atoms with Crippen LogP contribution in [-0.4, -0.2) is 10.2 Å². The molecule has 1 saturated heterocycles. The third-order valence-electron chi connectivity index (χ3n) is 3.51. The smallest absolute Gasteiger partial charge is 0.268 e. The van der Waals surface area contributed by atoms with Gasteiger partial charge in [0.15, 0.2) is 4.32 Å². The van der Waals surface area contributed by atoms with Crippen molar-refractivity contribution in [1.82, 2.24) is 0 Å². The molecule has 0 N–H and O–H groups in total. The normalized spacial score (nSPS) is 16.8. The molecule has 1 aliphatic heterocycles. The fourth-order valence-corrected chi connectivity index (χ4v) is 4.02. The van der Waals surface area contributed by atoms with Crippen LogP contribution in [0.5, 0.6) is 0 Å². The molecule has 1 amide bonds. The Kier molecular flexibility index (Phi) is 5.64. The van der Waals surface area contributed by atoms with Crippen molar-refractivity contribution in [3.63, 3.8) is 0 Å². The maximum Gasteiger partial charge on any atom is 0.270 e. The Bertz CT molecular complexity index is 907. The summed E-state index contributed by atoms with van der Waals surface area (Å²) in [6, 6.07) is 15.0. The van der Waals surface area contributed by atoms with Crippen LogP contribution in [-0.2, 0) is 4.79 Å². The van der Waals surface area contributed by atoms with E-state index in [2.05, 4.69) is 0 Å². The number of anilines is 1. The van der Waals surface area contributed by atoms with Gasteiger partial charge >= 0.3 is 0 Å². The Labute approximate surface area is 166 Å². The molecule has 0 bridgehead atoms. The number of nitrogens with zero attached hydrogens (tertiary/aromatic N) is 1. The van der Waals surface area contributed by atoms with Crippen LogP contribution in [0.15, 0.2) is 65.1 Å². The number of rotatable bonds is 3. The molecule has 1 heterocycles. The predicted molar refractivity (Wildman–Crippen MR) is 112 cm³/mol. The molecule has 1 fully saturated rings. The highest BCUT2D eigenvalue weighted by atomic mass is 35.5. The zero-order valence-electron chi connectivity index (χ0n) is 13.2. The summed E-state index contributed by atoms with van der Waals surface area (Å²) in [5.74, 6) is -0.158. The van der Waals surface area contributed by atoms with Gasteiger partial charge < -0.3 is 0 Å². The van der Waals surface area contributed by atoms with Crippen molar-refractivity contribution in [3.05, 3.63) is 80.7 Å². The highest BCUT2D eigenvalue weighted by Crippen LogP contribution is 2.37. The van der Waals surface area contributed by atoms with Gasteiger partial charge in [-0.25, -0.2) is 0 Å². The van der Waals surface area contributed by atoms with Gasteiger partial charge in [-0.05, 0) is 42.3 Å². The molecule has 2 aromatic rings. The molecule has 0 unspecified atom stereocenters. The molecule has 3 rings (SSSR count). The molecule has 0 aliphatic carbocycles. The van der Waals surface area contributed by atoms with Crippen LogP contribution in [0, 0.1) is 0 Å². The van der Waals surface area contributed by atoms with Crippen LogP contribution in [0.4, 0.5) is 5.69 Å². The Morgan fingerprint density at radius 2 is 1.84 bits per heavy atom. The van der Waals surface area contributed by atoms with Gasteiger partial charge in [0.05, 0.1) is 20.6 Å². The number of thiocarbonyl (C=S) groups is 1. The first-order valence-electron chi connectivity index (χ1n) is 7.42. The summed E-state index contributed by atoms with van der Waals surface area (Å²) in [5.41, 5.74) is 2.67. The minimum Gasteiger partial charge on any atom is -0.268 e. The van der Waals surface area contributed by atoms with Crippen molar-refractivity contribution in [1.29, 1.82) is 0 Å². The van der Waals surface area contributed by atoms with Gasteiger partial charge in [0.2, 0.25) is 0 Å². The fraction of sp³-hybridized carbons (Fsp3) is 0.0526. The fourth-order valence-electron chi connectivity index (χ4n) is 2.38. The SMILES string of the molecule is CC(/C=C1\SC(=S)N(c2ccc(Cl)c(Cl)c2)C1=O)=C\c1ccccc1. The lowest BCUT2D eigenvalue weighted by Gasteiger charge is -2.15. The molecule has 0 saturated carbocycles. The zero-order chi connectivity index (χ0) is 18.0. The van der Waals surface area contributed by atoms with Gasteiger partial charge in [0.1, 0.15) is 0 Å². The molecule has 126 valence electrons. The Morgan fingerprint density at radius 3 is 2.52 bits per heavy atom. The average molecular weight is 406 g/mol. The van der Waals surface area contributed by atoms with Crippen LogP contribution >= 0.6 is 47.2 Å². The van der Waals surface area contributed by atoms with E-state index in [4.69, 9.17) is 35.4 Å². The van der Waals surface area contributed by atoms with E-state index >= 15 is 0 Å². The van der Waals surface area contributed by atoms with Crippen molar-refractivity contribution in [2.24, 2.45) is 0 Å². The van der Waals surface area contributed by atoms with Crippen molar-refractivity contribution in [2.45, 2.75) is 6.92 Å². The summed E-state index contributed by atoms with van der Waals surface area (Å²) in [6.45, 7) is 1.96. The maximum absolute atomic E-state index is 12.7. The summed E-state index contributed by atoms with van der Waals surface area (Å²) < 4.78 is 0.474. The molecule has 6 heteroatoms. The zero-order valence-corrected chi connectivity index (χ0v) is 16.3. The topological polar surface area (TPSA) is 20.3 Å². The van der Waals surface area contributed by atoms with E-state index in [9.17, 15) is 4.79 Å². The highest BCUT2D eigenvalue weighted by Gasteiger charge is 2.33. The summed E-state index contributed by atoms with van der Waals surface area (Å²) in [6.07, 6.45) is 3.87. The molecule has 0 atom stereocenters. The quantitative estimate of drug-likeness (QED) is 0.438. The van der Waals surface area contributed by atoms with Crippen LogP contribution in [0.1, 0.15) is 12.5 Å². The maximum atomic E-state index is 12.7. The molecule has 2 nitrogen and oxygen atoms in total. The van der Waals surface area contributed by atoms with Crippen molar-refractivity contribution in [2.75, 3.05) is 4.90 Å².